The van der Waals surface area contributed by atoms with Crippen LogP contribution < -0.4 is 5.32 Å². The van der Waals surface area contributed by atoms with Crippen LogP contribution in [0.2, 0.25) is 0 Å². The van der Waals surface area contributed by atoms with Crippen molar-refractivity contribution in [3.8, 4) is 0 Å². The lowest BCUT2D eigenvalue weighted by atomic mass is 9.93. The van der Waals surface area contributed by atoms with E-state index in [2.05, 4.69) is 56.1 Å². The van der Waals surface area contributed by atoms with Crippen LogP contribution in [0.3, 0.4) is 0 Å². The molecule has 1 aliphatic heterocycles. The Labute approximate surface area is 118 Å². The lowest BCUT2D eigenvalue weighted by molar-refractivity contribution is 0.142. The molecular formula is C17H28N2. The molecule has 2 nitrogen and oxygen atoms in total. The second kappa shape index (κ2) is 6.53. The van der Waals surface area contributed by atoms with Gasteiger partial charge in [0.2, 0.25) is 0 Å². The molecule has 1 aromatic carbocycles. The van der Waals surface area contributed by atoms with Gasteiger partial charge in [-0.3, -0.25) is 4.90 Å². The summed E-state index contributed by atoms with van der Waals surface area (Å²) in [4.78, 5) is 2.61. The Balaban J connectivity index is 1.96. The molecule has 0 spiro atoms. The van der Waals surface area contributed by atoms with Crippen LogP contribution in [0.1, 0.15) is 37.0 Å². The molecule has 1 aliphatic rings. The van der Waals surface area contributed by atoms with E-state index in [-0.39, 0.29) is 0 Å². The number of benzene rings is 1. The molecule has 2 heteroatoms. The molecule has 106 valence electrons. The maximum atomic E-state index is 3.61. The van der Waals surface area contributed by atoms with Crippen LogP contribution in [0.25, 0.3) is 0 Å². The van der Waals surface area contributed by atoms with Crippen LogP contribution in [-0.4, -0.2) is 30.6 Å². The molecule has 1 saturated heterocycles. The first kappa shape index (κ1) is 14.5. The molecule has 0 bridgehead atoms. The maximum absolute atomic E-state index is 3.61. The van der Waals surface area contributed by atoms with Crippen molar-refractivity contribution in [3.05, 3.63) is 34.9 Å². The number of nitrogens with one attached hydrogen (secondary N) is 1. The Morgan fingerprint density at radius 2 is 2.11 bits per heavy atom. The summed E-state index contributed by atoms with van der Waals surface area (Å²) in [5, 5.41) is 3.61. The van der Waals surface area contributed by atoms with Gasteiger partial charge in [-0.05, 0) is 50.4 Å². The van der Waals surface area contributed by atoms with E-state index in [4.69, 9.17) is 0 Å². The van der Waals surface area contributed by atoms with Crippen molar-refractivity contribution < 1.29 is 0 Å². The minimum atomic E-state index is 0.708. The molecular weight excluding hydrogens is 232 g/mol. The van der Waals surface area contributed by atoms with Gasteiger partial charge < -0.3 is 5.32 Å². The number of rotatable bonds is 4. The zero-order valence-corrected chi connectivity index (χ0v) is 12.9. The molecule has 1 fully saturated rings. The summed E-state index contributed by atoms with van der Waals surface area (Å²) in [6.45, 7) is 13.6. The molecule has 1 aromatic rings. The van der Waals surface area contributed by atoms with E-state index in [0.29, 0.717) is 6.04 Å². The molecule has 0 amide bonds. The Morgan fingerprint density at radius 1 is 1.32 bits per heavy atom. The fraction of sp³-hybridized carbons (Fsp3) is 0.647. The van der Waals surface area contributed by atoms with Crippen molar-refractivity contribution in [2.24, 2.45) is 5.92 Å². The second-order valence-electron chi connectivity index (χ2n) is 6.10. The summed E-state index contributed by atoms with van der Waals surface area (Å²) >= 11 is 0. The van der Waals surface area contributed by atoms with Gasteiger partial charge in [-0.1, -0.05) is 37.6 Å². The lowest BCUT2D eigenvalue weighted by Gasteiger charge is -2.37. The van der Waals surface area contributed by atoms with E-state index < -0.39 is 0 Å². The van der Waals surface area contributed by atoms with Crippen LogP contribution in [0.5, 0.6) is 0 Å². The van der Waals surface area contributed by atoms with Gasteiger partial charge in [0.25, 0.3) is 0 Å². The van der Waals surface area contributed by atoms with Gasteiger partial charge in [-0.25, -0.2) is 0 Å². The standard InChI is InChI=1S/C17H28N2/c1-5-18-17-8-9-19(11-15(17)4)12-16-10-13(2)6-7-14(16)3/h6-7,10,15,17-18H,5,8-9,11-12H2,1-4H3. The van der Waals surface area contributed by atoms with Gasteiger partial charge in [-0.2, -0.15) is 0 Å². The zero-order chi connectivity index (χ0) is 13.8. The number of hydrogen-bond acceptors (Lipinski definition) is 2. The summed E-state index contributed by atoms with van der Waals surface area (Å²) in [7, 11) is 0. The molecule has 2 unspecified atom stereocenters. The molecule has 19 heavy (non-hydrogen) atoms. The van der Waals surface area contributed by atoms with Gasteiger partial charge in [0.15, 0.2) is 0 Å². The predicted molar refractivity (Wildman–Crippen MR) is 82.4 cm³/mol. The monoisotopic (exact) mass is 260 g/mol. The molecule has 0 saturated carbocycles. The van der Waals surface area contributed by atoms with Crippen LogP contribution >= 0.6 is 0 Å². The normalized spacial score (nSPS) is 24.6. The minimum Gasteiger partial charge on any atom is -0.314 e. The summed E-state index contributed by atoms with van der Waals surface area (Å²) in [5.41, 5.74) is 4.29. The highest BCUT2D eigenvalue weighted by atomic mass is 15.1. The molecule has 0 radical (unpaired) electrons. The molecule has 0 aliphatic carbocycles. The van der Waals surface area contributed by atoms with Crippen LogP contribution in [-0.2, 0) is 6.54 Å². The van der Waals surface area contributed by atoms with E-state index in [9.17, 15) is 0 Å². The smallest absolute Gasteiger partial charge is 0.0236 e. The van der Waals surface area contributed by atoms with Crippen LogP contribution in [0.4, 0.5) is 0 Å². The van der Waals surface area contributed by atoms with Gasteiger partial charge >= 0.3 is 0 Å². The van der Waals surface area contributed by atoms with Gasteiger partial charge in [-0.15, -0.1) is 0 Å². The average molecular weight is 260 g/mol. The predicted octanol–water partition coefficient (Wildman–Crippen LogP) is 3.12. The highest BCUT2D eigenvalue weighted by Gasteiger charge is 2.25. The van der Waals surface area contributed by atoms with Gasteiger partial charge in [0, 0.05) is 19.1 Å². The first-order valence-electron chi connectivity index (χ1n) is 7.62. The van der Waals surface area contributed by atoms with Crippen molar-refractivity contribution in [3.63, 3.8) is 0 Å². The lowest BCUT2D eigenvalue weighted by Crippen LogP contribution is -2.47. The van der Waals surface area contributed by atoms with E-state index in [1.807, 2.05) is 0 Å². The number of likely N-dealkylation sites (tertiary alicyclic amines) is 1. The quantitative estimate of drug-likeness (QED) is 0.895. The first-order valence-corrected chi connectivity index (χ1v) is 7.62. The summed E-state index contributed by atoms with van der Waals surface area (Å²) in [6, 6.07) is 7.51. The number of aryl methyl sites for hydroxylation is 2. The third kappa shape index (κ3) is 3.80. The third-order valence-corrected chi connectivity index (χ3v) is 4.35. The van der Waals surface area contributed by atoms with E-state index in [1.54, 1.807) is 0 Å². The highest BCUT2D eigenvalue weighted by molar-refractivity contribution is 5.30. The third-order valence-electron chi connectivity index (χ3n) is 4.35. The fourth-order valence-electron chi connectivity index (χ4n) is 3.15. The Hall–Kier alpha value is -0.860. The Kier molecular flexibility index (Phi) is 5.00. The topological polar surface area (TPSA) is 15.3 Å². The average Bonchev–Trinajstić information content (AvgIpc) is 2.37. The SMILES string of the molecule is CCNC1CCN(Cc2cc(C)ccc2C)CC1C. The maximum Gasteiger partial charge on any atom is 0.0236 e. The first-order chi connectivity index (χ1) is 9.10. The number of piperidine rings is 1. The van der Waals surface area contributed by atoms with Crippen molar-refractivity contribution in [2.45, 2.75) is 46.7 Å². The van der Waals surface area contributed by atoms with Crippen LogP contribution in [0.15, 0.2) is 18.2 Å². The Bertz CT molecular complexity index is 414. The summed E-state index contributed by atoms with van der Waals surface area (Å²) in [5.74, 6) is 0.749. The molecule has 1 heterocycles. The largest absolute Gasteiger partial charge is 0.314 e. The Morgan fingerprint density at radius 3 is 2.79 bits per heavy atom. The van der Waals surface area contributed by atoms with Gasteiger partial charge in [0.1, 0.15) is 0 Å². The molecule has 1 N–H and O–H groups in total. The van der Waals surface area contributed by atoms with Crippen LogP contribution in [0, 0.1) is 19.8 Å². The van der Waals surface area contributed by atoms with E-state index in [1.165, 1.54) is 36.2 Å². The molecule has 2 atom stereocenters. The summed E-state index contributed by atoms with van der Waals surface area (Å²) < 4.78 is 0. The molecule has 0 aromatic heterocycles. The zero-order valence-electron chi connectivity index (χ0n) is 12.9. The van der Waals surface area contributed by atoms with Crippen molar-refractivity contribution in [1.82, 2.24) is 10.2 Å². The van der Waals surface area contributed by atoms with Gasteiger partial charge in [0.05, 0.1) is 0 Å². The second-order valence-corrected chi connectivity index (χ2v) is 6.10. The van der Waals surface area contributed by atoms with E-state index in [0.717, 1.165) is 19.0 Å². The fourth-order valence-corrected chi connectivity index (χ4v) is 3.15. The number of hydrogen-bond donors (Lipinski definition) is 1. The number of nitrogens with zero attached hydrogens (tertiary/aromatic N) is 1. The van der Waals surface area contributed by atoms with Crippen molar-refractivity contribution in [2.75, 3.05) is 19.6 Å². The van der Waals surface area contributed by atoms with Crippen molar-refractivity contribution >= 4 is 0 Å². The molecule has 2 rings (SSSR count). The minimum absolute atomic E-state index is 0.708. The summed E-state index contributed by atoms with van der Waals surface area (Å²) in [6.07, 6.45) is 1.28. The van der Waals surface area contributed by atoms with Crippen molar-refractivity contribution in [1.29, 1.82) is 0 Å². The highest BCUT2D eigenvalue weighted by Crippen LogP contribution is 2.20. The van der Waals surface area contributed by atoms with E-state index >= 15 is 0 Å².